The Labute approximate surface area is 130 Å². The number of benzene rings is 1. The van der Waals surface area contributed by atoms with Crippen LogP contribution in [0.3, 0.4) is 0 Å². The molecular formula is C16H12ClFN2O2. The van der Waals surface area contributed by atoms with E-state index in [1.165, 1.54) is 13.2 Å². The molecule has 2 heterocycles. The molecule has 2 aromatic heterocycles. The highest BCUT2D eigenvalue weighted by Crippen LogP contribution is 2.22. The molecule has 0 fully saturated rings. The number of H-pyrrole nitrogens is 1. The second-order valence-electron chi connectivity index (χ2n) is 4.83. The van der Waals surface area contributed by atoms with Crippen LogP contribution in [0.5, 0.6) is 0 Å². The number of carbonyl (C=O) groups is 1. The van der Waals surface area contributed by atoms with Gasteiger partial charge in [0.2, 0.25) is 0 Å². The molecule has 3 rings (SSSR count). The Morgan fingerprint density at radius 3 is 2.91 bits per heavy atom. The van der Waals surface area contributed by atoms with Gasteiger partial charge in [0.1, 0.15) is 5.82 Å². The molecule has 0 aliphatic carbocycles. The van der Waals surface area contributed by atoms with E-state index < -0.39 is 11.8 Å². The first-order valence-electron chi connectivity index (χ1n) is 6.57. The summed E-state index contributed by atoms with van der Waals surface area (Å²) in [5.41, 5.74) is 3.43. The van der Waals surface area contributed by atoms with Crippen molar-refractivity contribution in [2.24, 2.45) is 0 Å². The Hall–Kier alpha value is -2.40. The van der Waals surface area contributed by atoms with Crippen LogP contribution >= 0.6 is 11.6 Å². The van der Waals surface area contributed by atoms with E-state index in [1.807, 2.05) is 6.07 Å². The summed E-state index contributed by atoms with van der Waals surface area (Å²) in [6.07, 6.45) is 2.08. The van der Waals surface area contributed by atoms with Crippen LogP contribution in [0, 0.1) is 5.82 Å². The van der Waals surface area contributed by atoms with Gasteiger partial charge in [-0.2, -0.15) is 0 Å². The summed E-state index contributed by atoms with van der Waals surface area (Å²) in [6, 6.07) is 8.03. The quantitative estimate of drug-likeness (QED) is 0.749. The molecule has 1 N–H and O–H groups in total. The fourth-order valence-electron chi connectivity index (χ4n) is 2.33. The molecule has 0 saturated carbocycles. The number of pyridine rings is 1. The van der Waals surface area contributed by atoms with Gasteiger partial charge >= 0.3 is 5.97 Å². The number of methoxy groups -OCH3 is 1. The summed E-state index contributed by atoms with van der Waals surface area (Å²) in [7, 11) is 1.33. The third-order valence-corrected chi connectivity index (χ3v) is 3.65. The van der Waals surface area contributed by atoms with Crippen molar-refractivity contribution in [3.8, 4) is 0 Å². The van der Waals surface area contributed by atoms with E-state index in [0.717, 1.165) is 11.3 Å². The predicted molar refractivity (Wildman–Crippen MR) is 81.6 cm³/mol. The average Bonchev–Trinajstić information content (AvgIpc) is 2.92. The molecule has 3 aromatic rings. The first-order valence-corrected chi connectivity index (χ1v) is 6.95. The standard InChI is InChI=1S/C16H12ClFN2O2/c1-22-16(21)11-4-5-19-14-8-10(20-15(11)14)6-9-2-3-13(18)12(17)7-9/h2-5,7-8,20H,6H2,1H3. The fourth-order valence-corrected chi connectivity index (χ4v) is 2.53. The highest BCUT2D eigenvalue weighted by Gasteiger charge is 2.13. The molecule has 112 valence electrons. The minimum absolute atomic E-state index is 0.0852. The van der Waals surface area contributed by atoms with Crippen molar-refractivity contribution in [2.45, 2.75) is 6.42 Å². The number of nitrogens with one attached hydrogen (secondary N) is 1. The molecule has 1 aromatic carbocycles. The summed E-state index contributed by atoms with van der Waals surface area (Å²) >= 11 is 5.79. The molecule has 0 saturated heterocycles. The van der Waals surface area contributed by atoms with E-state index in [2.05, 4.69) is 9.97 Å². The van der Waals surface area contributed by atoms with Crippen molar-refractivity contribution < 1.29 is 13.9 Å². The lowest BCUT2D eigenvalue weighted by Crippen LogP contribution is -2.02. The number of fused-ring (bicyclic) bond motifs is 1. The molecule has 6 heteroatoms. The zero-order valence-electron chi connectivity index (χ0n) is 11.7. The van der Waals surface area contributed by atoms with E-state index in [1.54, 1.807) is 24.4 Å². The lowest BCUT2D eigenvalue weighted by molar-refractivity contribution is 0.0602. The largest absolute Gasteiger partial charge is 0.465 e. The molecule has 0 radical (unpaired) electrons. The predicted octanol–water partition coefficient (Wildman–Crippen LogP) is 3.73. The smallest absolute Gasteiger partial charge is 0.340 e. The van der Waals surface area contributed by atoms with Gasteiger partial charge in [-0.3, -0.25) is 4.98 Å². The van der Waals surface area contributed by atoms with E-state index in [4.69, 9.17) is 16.3 Å². The molecule has 0 unspecified atom stereocenters. The van der Waals surface area contributed by atoms with Gasteiger partial charge in [-0.05, 0) is 29.8 Å². The molecule has 4 nitrogen and oxygen atoms in total. The zero-order valence-corrected chi connectivity index (χ0v) is 12.4. The number of aromatic amines is 1. The Bertz CT molecular complexity index is 860. The van der Waals surface area contributed by atoms with Gasteiger partial charge in [0.15, 0.2) is 0 Å². The molecular weight excluding hydrogens is 307 g/mol. The van der Waals surface area contributed by atoms with Crippen LogP contribution in [-0.2, 0) is 11.2 Å². The maximum Gasteiger partial charge on any atom is 0.340 e. The Morgan fingerprint density at radius 1 is 1.36 bits per heavy atom. The summed E-state index contributed by atoms with van der Waals surface area (Å²) in [6.45, 7) is 0. The summed E-state index contributed by atoms with van der Waals surface area (Å²) < 4.78 is 17.9. The number of rotatable bonds is 3. The van der Waals surface area contributed by atoms with Crippen molar-refractivity contribution in [3.63, 3.8) is 0 Å². The Balaban J connectivity index is 1.98. The number of aromatic nitrogens is 2. The lowest BCUT2D eigenvalue weighted by atomic mass is 10.1. The maximum absolute atomic E-state index is 13.2. The topological polar surface area (TPSA) is 55.0 Å². The second-order valence-corrected chi connectivity index (χ2v) is 5.24. The molecule has 22 heavy (non-hydrogen) atoms. The number of hydrogen-bond acceptors (Lipinski definition) is 3. The van der Waals surface area contributed by atoms with E-state index in [-0.39, 0.29) is 5.02 Å². The van der Waals surface area contributed by atoms with Crippen molar-refractivity contribution in [1.29, 1.82) is 0 Å². The van der Waals surface area contributed by atoms with Crippen LogP contribution in [-0.4, -0.2) is 23.0 Å². The SMILES string of the molecule is COC(=O)c1ccnc2cc(Cc3ccc(F)c(Cl)c3)[nH]c12. The van der Waals surface area contributed by atoms with Gasteiger partial charge in [0.25, 0.3) is 0 Å². The fraction of sp³-hybridized carbons (Fsp3) is 0.125. The molecule has 0 amide bonds. The van der Waals surface area contributed by atoms with Gasteiger partial charge in [-0.15, -0.1) is 0 Å². The molecule has 0 atom stereocenters. The summed E-state index contributed by atoms with van der Waals surface area (Å²) in [5, 5.41) is 0.0852. The van der Waals surface area contributed by atoms with Crippen molar-refractivity contribution in [2.75, 3.05) is 7.11 Å². The third kappa shape index (κ3) is 2.67. The summed E-state index contributed by atoms with van der Waals surface area (Å²) in [4.78, 5) is 19.1. The van der Waals surface area contributed by atoms with Gasteiger partial charge in [0.05, 0.1) is 28.7 Å². The lowest BCUT2D eigenvalue weighted by Gasteiger charge is -2.01. The highest BCUT2D eigenvalue weighted by atomic mass is 35.5. The zero-order chi connectivity index (χ0) is 15.7. The van der Waals surface area contributed by atoms with Gasteiger partial charge in [-0.1, -0.05) is 17.7 Å². The van der Waals surface area contributed by atoms with Crippen LogP contribution < -0.4 is 0 Å². The van der Waals surface area contributed by atoms with E-state index in [9.17, 15) is 9.18 Å². The van der Waals surface area contributed by atoms with Crippen LogP contribution in [0.25, 0.3) is 11.0 Å². The molecule has 0 aliphatic rings. The van der Waals surface area contributed by atoms with Gasteiger partial charge < -0.3 is 9.72 Å². The number of ether oxygens (including phenoxy) is 1. The van der Waals surface area contributed by atoms with Gasteiger partial charge in [0, 0.05) is 18.3 Å². The van der Waals surface area contributed by atoms with Crippen molar-refractivity contribution in [1.82, 2.24) is 9.97 Å². The van der Waals surface area contributed by atoms with Crippen molar-refractivity contribution >= 4 is 28.6 Å². The van der Waals surface area contributed by atoms with Crippen LogP contribution in [0.1, 0.15) is 21.6 Å². The third-order valence-electron chi connectivity index (χ3n) is 3.36. The average molecular weight is 319 g/mol. The monoisotopic (exact) mass is 318 g/mol. The second kappa shape index (κ2) is 5.77. The van der Waals surface area contributed by atoms with E-state index in [0.29, 0.717) is 23.0 Å². The molecule has 0 bridgehead atoms. The number of hydrogen-bond donors (Lipinski definition) is 1. The Morgan fingerprint density at radius 2 is 2.18 bits per heavy atom. The first-order chi connectivity index (χ1) is 10.6. The van der Waals surface area contributed by atoms with E-state index >= 15 is 0 Å². The normalized spacial score (nSPS) is 10.9. The number of carbonyl (C=O) groups excluding carboxylic acids is 1. The first kappa shape index (κ1) is 14.5. The van der Waals surface area contributed by atoms with Crippen molar-refractivity contribution in [3.05, 3.63) is 64.2 Å². The Kier molecular flexibility index (Phi) is 3.81. The minimum Gasteiger partial charge on any atom is -0.465 e. The molecule has 0 aliphatic heterocycles. The van der Waals surface area contributed by atoms with Crippen LogP contribution in [0.15, 0.2) is 36.5 Å². The van der Waals surface area contributed by atoms with Crippen LogP contribution in [0.2, 0.25) is 5.02 Å². The number of halogens is 2. The maximum atomic E-state index is 13.2. The molecule has 0 spiro atoms. The number of nitrogens with zero attached hydrogens (tertiary/aromatic N) is 1. The summed E-state index contributed by atoms with van der Waals surface area (Å²) in [5.74, 6) is -0.873. The van der Waals surface area contributed by atoms with Gasteiger partial charge in [-0.25, -0.2) is 9.18 Å². The number of esters is 1. The highest BCUT2D eigenvalue weighted by molar-refractivity contribution is 6.30. The minimum atomic E-state index is -0.447. The van der Waals surface area contributed by atoms with Crippen LogP contribution in [0.4, 0.5) is 4.39 Å².